The molecule has 1 N–H and O–H groups in total. The van der Waals surface area contributed by atoms with Gasteiger partial charge in [-0.15, -0.1) is 0 Å². The van der Waals surface area contributed by atoms with Crippen LogP contribution < -0.4 is 10.1 Å². The number of carbonyl (C=O) groups is 1. The monoisotopic (exact) mass is 383 g/mol. The van der Waals surface area contributed by atoms with Gasteiger partial charge in [-0.1, -0.05) is 36.4 Å². The molecule has 28 heavy (non-hydrogen) atoms. The maximum atomic E-state index is 13.0. The second-order valence-electron chi connectivity index (χ2n) is 7.25. The Balaban J connectivity index is 1.79. The van der Waals surface area contributed by atoms with Crippen LogP contribution in [0, 0.1) is 5.41 Å². The Morgan fingerprint density at radius 1 is 1.07 bits per heavy atom. The fourth-order valence-corrected chi connectivity index (χ4v) is 3.74. The average molecular weight is 383 g/mol. The maximum absolute atomic E-state index is 13.0. The Morgan fingerprint density at radius 2 is 1.82 bits per heavy atom. The number of methoxy groups -OCH3 is 2. The lowest BCUT2D eigenvalue weighted by Gasteiger charge is -2.36. The van der Waals surface area contributed by atoms with Crippen LogP contribution in [-0.4, -0.2) is 46.5 Å². The van der Waals surface area contributed by atoms with Crippen molar-refractivity contribution in [2.75, 3.05) is 40.6 Å². The van der Waals surface area contributed by atoms with Crippen LogP contribution >= 0.6 is 0 Å². The average Bonchev–Trinajstić information content (AvgIpc) is 2.75. The molecule has 0 unspecified atom stereocenters. The van der Waals surface area contributed by atoms with E-state index >= 15 is 0 Å². The number of amides is 1. The number of rotatable bonds is 8. The molecular formula is C23H29NO4. The minimum Gasteiger partial charge on any atom is -0.497 e. The van der Waals surface area contributed by atoms with Gasteiger partial charge in [0.15, 0.2) is 0 Å². The first-order chi connectivity index (χ1) is 13.7. The topological polar surface area (TPSA) is 56.8 Å². The molecule has 5 nitrogen and oxygen atoms in total. The van der Waals surface area contributed by atoms with E-state index in [0.29, 0.717) is 32.8 Å². The normalized spacial score (nSPS) is 15.8. The Labute approximate surface area is 167 Å². The molecule has 1 aliphatic heterocycles. The Morgan fingerprint density at radius 3 is 2.50 bits per heavy atom. The molecule has 0 spiro atoms. The first kappa shape index (κ1) is 20.4. The Hall–Kier alpha value is -2.37. The lowest BCUT2D eigenvalue weighted by molar-refractivity contribution is -0.136. The summed E-state index contributed by atoms with van der Waals surface area (Å²) in [6.07, 6.45) is 2.18. The van der Waals surface area contributed by atoms with Crippen LogP contribution in [0.2, 0.25) is 0 Å². The highest BCUT2D eigenvalue weighted by atomic mass is 16.5. The van der Waals surface area contributed by atoms with Crippen molar-refractivity contribution in [3.05, 3.63) is 54.1 Å². The standard InChI is InChI=1S/C23H29NO4/c1-26-15-12-24-22(25)23(10-13-28-14-11-23)17-18-4-3-5-20(16-18)19-6-8-21(27-2)9-7-19/h3-9,16H,10-15,17H2,1-2H3,(H,24,25). The summed E-state index contributed by atoms with van der Waals surface area (Å²) in [6.45, 7) is 2.29. The SMILES string of the molecule is COCCNC(=O)C1(Cc2cccc(-c3ccc(OC)cc3)c2)CCOCC1. The number of nitrogens with one attached hydrogen (secondary N) is 1. The second kappa shape index (κ2) is 9.71. The van der Waals surface area contributed by atoms with Crippen molar-refractivity contribution in [1.29, 1.82) is 0 Å². The van der Waals surface area contributed by atoms with Gasteiger partial charge in [-0.2, -0.15) is 0 Å². The number of hydrogen-bond donors (Lipinski definition) is 1. The van der Waals surface area contributed by atoms with E-state index in [1.165, 1.54) is 0 Å². The van der Waals surface area contributed by atoms with Crippen LogP contribution in [0.3, 0.4) is 0 Å². The van der Waals surface area contributed by atoms with Crippen LogP contribution in [0.25, 0.3) is 11.1 Å². The molecular weight excluding hydrogens is 354 g/mol. The van der Waals surface area contributed by atoms with Crippen molar-refractivity contribution in [3.8, 4) is 16.9 Å². The van der Waals surface area contributed by atoms with Crippen LogP contribution in [0.4, 0.5) is 0 Å². The molecule has 0 aromatic heterocycles. The number of benzene rings is 2. The van der Waals surface area contributed by atoms with Crippen molar-refractivity contribution >= 4 is 5.91 Å². The minimum atomic E-state index is -0.426. The van der Waals surface area contributed by atoms with E-state index in [1.807, 2.05) is 12.1 Å². The molecule has 0 bridgehead atoms. The van der Waals surface area contributed by atoms with Gasteiger partial charge in [0, 0.05) is 26.9 Å². The highest BCUT2D eigenvalue weighted by Crippen LogP contribution is 2.35. The summed E-state index contributed by atoms with van der Waals surface area (Å²) in [4.78, 5) is 13.0. The predicted octanol–water partition coefficient (Wildman–Crippen LogP) is 3.46. The number of ether oxygens (including phenoxy) is 3. The smallest absolute Gasteiger partial charge is 0.226 e. The molecule has 0 radical (unpaired) electrons. The summed E-state index contributed by atoms with van der Waals surface area (Å²) in [6, 6.07) is 16.5. The van der Waals surface area contributed by atoms with Crippen molar-refractivity contribution in [2.24, 2.45) is 5.41 Å². The first-order valence-corrected chi connectivity index (χ1v) is 9.75. The van der Waals surface area contributed by atoms with Gasteiger partial charge in [0.2, 0.25) is 5.91 Å². The number of hydrogen-bond acceptors (Lipinski definition) is 4. The van der Waals surface area contributed by atoms with E-state index in [9.17, 15) is 4.79 Å². The summed E-state index contributed by atoms with van der Waals surface area (Å²) in [5.41, 5.74) is 3.01. The van der Waals surface area contributed by atoms with E-state index in [2.05, 4.69) is 41.7 Å². The minimum absolute atomic E-state index is 0.0997. The zero-order valence-electron chi connectivity index (χ0n) is 16.7. The summed E-state index contributed by atoms with van der Waals surface area (Å²) in [5.74, 6) is 0.941. The molecule has 2 aromatic rings. The zero-order valence-corrected chi connectivity index (χ0v) is 16.7. The first-order valence-electron chi connectivity index (χ1n) is 9.75. The van der Waals surface area contributed by atoms with Gasteiger partial charge in [-0.3, -0.25) is 4.79 Å². The van der Waals surface area contributed by atoms with Gasteiger partial charge in [-0.25, -0.2) is 0 Å². The molecule has 1 saturated heterocycles. The van der Waals surface area contributed by atoms with Crippen molar-refractivity contribution in [2.45, 2.75) is 19.3 Å². The van der Waals surface area contributed by atoms with Crippen molar-refractivity contribution < 1.29 is 19.0 Å². The molecule has 2 aromatic carbocycles. The Kier molecular flexibility index (Phi) is 7.06. The third-order valence-electron chi connectivity index (χ3n) is 5.42. The highest BCUT2D eigenvalue weighted by Gasteiger charge is 2.39. The number of carbonyl (C=O) groups excluding carboxylic acids is 1. The van der Waals surface area contributed by atoms with E-state index < -0.39 is 5.41 Å². The fraction of sp³-hybridized carbons (Fsp3) is 0.435. The quantitative estimate of drug-likeness (QED) is 0.709. The zero-order chi connectivity index (χ0) is 19.8. The summed E-state index contributed by atoms with van der Waals surface area (Å²) in [7, 11) is 3.31. The Bertz CT molecular complexity index is 766. The second-order valence-corrected chi connectivity index (χ2v) is 7.25. The summed E-state index contributed by atoms with van der Waals surface area (Å²) < 4.78 is 15.8. The maximum Gasteiger partial charge on any atom is 0.226 e. The van der Waals surface area contributed by atoms with Crippen LogP contribution in [0.15, 0.2) is 48.5 Å². The van der Waals surface area contributed by atoms with Gasteiger partial charge >= 0.3 is 0 Å². The van der Waals surface area contributed by atoms with E-state index in [0.717, 1.165) is 35.3 Å². The van der Waals surface area contributed by atoms with Gasteiger partial charge in [0.1, 0.15) is 5.75 Å². The van der Waals surface area contributed by atoms with Gasteiger partial charge in [-0.05, 0) is 48.1 Å². The highest BCUT2D eigenvalue weighted by molar-refractivity contribution is 5.83. The van der Waals surface area contributed by atoms with E-state index in [1.54, 1.807) is 14.2 Å². The molecule has 0 atom stereocenters. The third-order valence-corrected chi connectivity index (χ3v) is 5.42. The molecule has 0 saturated carbocycles. The summed E-state index contributed by atoms with van der Waals surface area (Å²) in [5, 5.41) is 3.04. The lowest BCUT2D eigenvalue weighted by Crippen LogP contribution is -2.46. The molecule has 3 rings (SSSR count). The molecule has 0 aliphatic carbocycles. The molecule has 5 heteroatoms. The van der Waals surface area contributed by atoms with Crippen LogP contribution in [0.5, 0.6) is 5.75 Å². The van der Waals surface area contributed by atoms with Crippen LogP contribution in [-0.2, 0) is 20.7 Å². The van der Waals surface area contributed by atoms with E-state index in [-0.39, 0.29) is 5.91 Å². The molecule has 150 valence electrons. The van der Waals surface area contributed by atoms with Gasteiger partial charge < -0.3 is 19.5 Å². The van der Waals surface area contributed by atoms with Gasteiger partial charge in [0.25, 0.3) is 0 Å². The van der Waals surface area contributed by atoms with Crippen molar-refractivity contribution in [3.63, 3.8) is 0 Å². The predicted molar refractivity (Wildman–Crippen MR) is 110 cm³/mol. The van der Waals surface area contributed by atoms with Crippen molar-refractivity contribution in [1.82, 2.24) is 5.32 Å². The molecule has 1 aliphatic rings. The van der Waals surface area contributed by atoms with Gasteiger partial charge in [0.05, 0.1) is 19.1 Å². The summed E-state index contributed by atoms with van der Waals surface area (Å²) >= 11 is 0. The lowest BCUT2D eigenvalue weighted by atomic mass is 9.74. The van der Waals surface area contributed by atoms with Crippen LogP contribution in [0.1, 0.15) is 18.4 Å². The third kappa shape index (κ3) is 4.91. The fourth-order valence-electron chi connectivity index (χ4n) is 3.74. The van der Waals surface area contributed by atoms with E-state index in [4.69, 9.17) is 14.2 Å². The molecule has 1 heterocycles. The molecule has 1 fully saturated rings. The largest absolute Gasteiger partial charge is 0.497 e. The molecule has 1 amide bonds.